The van der Waals surface area contributed by atoms with Gasteiger partial charge in [-0.1, -0.05) is 42.8 Å². The average molecular weight is 420 g/mol. The predicted octanol–water partition coefficient (Wildman–Crippen LogP) is 4.76. The summed E-state index contributed by atoms with van der Waals surface area (Å²) >= 11 is 0. The van der Waals surface area contributed by atoms with Gasteiger partial charge in [-0.05, 0) is 55.6 Å². The predicted molar refractivity (Wildman–Crippen MR) is 121 cm³/mol. The quantitative estimate of drug-likeness (QED) is 0.606. The third-order valence-electron chi connectivity index (χ3n) is 6.22. The van der Waals surface area contributed by atoms with E-state index in [4.69, 9.17) is 9.47 Å². The van der Waals surface area contributed by atoms with Crippen LogP contribution in [0, 0.1) is 0 Å². The number of rotatable bonds is 7. The number of likely N-dealkylation sites (tertiary alicyclic amines) is 1. The molecule has 0 amide bonds. The summed E-state index contributed by atoms with van der Waals surface area (Å²) in [5, 5.41) is 0. The number of nitrogens with zero attached hydrogens (tertiary/aromatic N) is 1. The monoisotopic (exact) mass is 419 g/mol. The van der Waals surface area contributed by atoms with E-state index in [2.05, 4.69) is 17.1 Å². The van der Waals surface area contributed by atoms with Crippen molar-refractivity contribution >= 4 is 17.6 Å². The SMILES string of the molecule is COc1cc2c(cc1OC)C(=O)C(c1ccc(/C=C/CCN3CCCCC3)cc1)C2=O. The van der Waals surface area contributed by atoms with Gasteiger partial charge in [0.25, 0.3) is 0 Å². The summed E-state index contributed by atoms with van der Waals surface area (Å²) in [5.41, 5.74) is 2.58. The Hall–Kier alpha value is -2.92. The van der Waals surface area contributed by atoms with Gasteiger partial charge in [-0.2, -0.15) is 0 Å². The zero-order chi connectivity index (χ0) is 21.8. The number of Topliss-reactive ketones (excluding diaryl/α,β-unsaturated/α-hetero) is 2. The van der Waals surface area contributed by atoms with Gasteiger partial charge in [0.05, 0.1) is 14.2 Å². The van der Waals surface area contributed by atoms with Crippen molar-refractivity contribution < 1.29 is 19.1 Å². The molecule has 2 aliphatic rings. The van der Waals surface area contributed by atoms with E-state index < -0.39 is 5.92 Å². The van der Waals surface area contributed by atoms with Crippen molar-refractivity contribution in [2.75, 3.05) is 33.9 Å². The number of hydrogen-bond acceptors (Lipinski definition) is 5. The van der Waals surface area contributed by atoms with Gasteiger partial charge in [0.2, 0.25) is 0 Å². The van der Waals surface area contributed by atoms with Crippen molar-refractivity contribution in [3.8, 4) is 11.5 Å². The highest BCUT2D eigenvalue weighted by Crippen LogP contribution is 2.40. The Morgan fingerprint density at radius 1 is 0.903 bits per heavy atom. The van der Waals surface area contributed by atoms with Gasteiger partial charge >= 0.3 is 0 Å². The summed E-state index contributed by atoms with van der Waals surface area (Å²) in [7, 11) is 3.03. The second kappa shape index (κ2) is 9.48. The highest BCUT2D eigenvalue weighted by molar-refractivity contribution is 6.30. The van der Waals surface area contributed by atoms with Crippen LogP contribution >= 0.6 is 0 Å². The van der Waals surface area contributed by atoms with Crippen LogP contribution in [-0.4, -0.2) is 50.3 Å². The third-order valence-corrected chi connectivity index (χ3v) is 6.22. The van der Waals surface area contributed by atoms with E-state index in [0.717, 1.165) is 24.1 Å². The summed E-state index contributed by atoms with van der Waals surface area (Å²) in [6.07, 6.45) is 9.32. The van der Waals surface area contributed by atoms with Crippen LogP contribution in [0.5, 0.6) is 11.5 Å². The zero-order valence-corrected chi connectivity index (χ0v) is 18.2. The van der Waals surface area contributed by atoms with E-state index in [1.807, 2.05) is 24.3 Å². The first-order chi connectivity index (χ1) is 15.1. The lowest BCUT2D eigenvalue weighted by Gasteiger charge is -2.25. The van der Waals surface area contributed by atoms with Crippen LogP contribution in [0.25, 0.3) is 6.08 Å². The molecule has 0 saturated carbocycles. The van der Waals surface area contributed by atoms with E-state index in [9.17, 15) is 9.59 Å². The van der Waals surface area contributed by atoms with Gasteiger partial charge in [-0.3, -0.25) is 9.59 Å². The topological polar surface area (TPSA) is 55.8 Å². The maximum absolute atomic E-state index is 13.0. The number of ether oxygens (including phenoxy) is 2. The standard InChI is InChI=1S/C26H29NO4/c1-30-22-16-20-21(17-23(22)31-2)26(29)24(25(20)28)19-11-9-18(10-12-19)8-4-7-15-27-13-5-3-6-14-27/h4,8-12,16-17,24H,3,5-7,13-15H2,1-2H3/b8-4+. The van der Waals surface area contributed by atoms with Crippen molar-refractivity contribution in [1.29, 1.82) is 0 Å². The Labute approximate surface area is 183 Å². The lowest BCUT2D eigenvalue weighted by atomic mass is 9.93. The highest BCUT2D eigenvalue weighted by Gasteiger charge is 2.40. The van der Waals surface area contributed by atoms with Crippen LogP contribution in [0.4, 0.5) is 0 Å². The van der Waals surface area contributed by atoms with Crippen LogP contribution in [0.1, 0.15) is 63.4 Å². The fourth-order valence-electron chi connectivity index (χ4n) is 4.48. The molecule has 162 valence electrons. The fraction of sp³-hybridized carbons (Fsp3) is 0.385. The smallest absolute Gasteiger partial charge is 0.178 e. The molecule has 5 heteroatoms. The van der Waals surface area contributed by atoms with Crippen molar-refractivity contribution in [1.82, 2.24) is 4.90 Å². The van der Waals surface area contributed by atoms with Gasteiger partial charge < -0.3 is 14.4 Å². The lowest BCUT2D eigenvalue weighted by Crippen LogP contribution is -2.30. The largest absolute Gasteiger partial charge is 0.493 e. The molecule has 2 aromatic rings. The summed E-state index contributed by atoms with van der Waals surface area (Å²) in [6.45, 7) is 3.53. The molecule has 0 spiro atoms. The molecule has 0 atom stereocenters. The summed E-state index contributed by atoms with van der Waals surface area (Å²) in [6, 6.07) is 10.9. The van der Waals surface area contributed by atoms with Crippen LogP contribution in [0.15, 0.2) is 42.5 Å². The minimum atomic E-state index is -0.802. The van der Waals surface area contributed by atoms with Gasteiger partial charge in [0.15, 0.2) is 23.1 Å². The summed E-state index contributed by atoms with van der Waals surface area (Å²) in [5.74, 6) is -0.276. The zero-order valence-electron chi connectivity index (χ0n) is 18.2. The average Bonchev–Trinajstić information content (AvgIpc) is 3.06. The lowest BCUT2D eigenvalue weighted by molar-refractivity contribution is 0.0890. The molecule has 1 saturated heterocycles. The van der Waals surface area contributed by atoms with Crippen molar-refractivity contribution in [2.24, 2.45) is 0 Å². The molecule has 1 aliphatic carbocycles. The summed E-state index contributed by atoms with van der Waals surface area (Å²) in [4.78, 5) is 28.5. The van der Waals surface area contributed by atoms with Gasteiger partial charge in [-0.25, -0.2) is 0 Å². The van der Waals surface area contributed by atoms with Gasteiger partial charge in [0, 0.05) is 17.7 Å². The molecule has 4 rings (SSSR count). The molecule has 0 unspecified atom stereocenters. The fourth-order valence-corrected chi connectivity index (χ4v) is 4.48. The molecule has 5 nitrogen and oxygen atoms in total. The van der Waals surface area contributed by atoms with Gasteiger partial charge in [0.1, 0.15) is 5.92 Å². The van der Waals surface area contributed by atoms with Crippen LogP contribution < -0.4 is 9.47 Å². The number of carbonyl (C=O) groups is 2. The first-order valence-corrected chi connectivity index (χ1v) is 11.0. The minimum absolute atomic E-state index is 0.189. The number of hydrogen-bond donors (Lipinski definition) is 0. The molecular weight excluding hydrogens is 390 g/mol. The number of ketones is 2. The molecule has 1 fully saturated rings. The normalized spacial score (nSPS) is 17.4. The molecule has 0 bridgehead atoms. The molecular formula is C26H29NO4. The Kier molecular flexibility index (Phi) is 6.52. The second-order valence-electron chi connectivity index (χ2n) is 8.17. The summed E-state index contributed by atoms with van der Waals surface area (Å²) < 4.78 is 10.6. The maximum atomic E-state index is 13.0. The molecule has 1 heterocycles. The Bertz CT molecular complexity index is 944. The molecule has 0 aromatic heterocycles. The molecule has 2 aromatic carbocycles. The molecule has 0 N–H and O–H groups in total. The van der Waals surface area contributed by atoms with E-state index in [-0.39, 0.29) is 11.6 Å². The van der Waals surface area contributed by atoms with Gasteiger partial charge in [-0.15, -0.1) is 0 Å². The van der Waals surface area contributed by atoms with E-state index in [1.165, 1.54) is 46.6 Å². The molecule has 0 radical (unpaired) electrons. The first-order valence-electron chi connectivity index (χ1n) is 11.0. The first kappa shape index (κ1) is 21.3. The number of benzene rings is 2. The van der Waals surface area contributed by atoms with Crippen molar-refractivity contribution in [3.63, 3.8) is 0 Å². The van der Waals surface area contributed by atoms with Crippen molar-refractivity contribution in [3.05, 3.63) is 64.7 Å². The van der Waals surface area contributed by atoms with E-state index in [1.54, 1.807) is 12.1 Å². The minimum Gasteiger partial charge on any atom is -0.493 e. The Morgan fingerprint density at radius 3 is 2.03 bits per heavy atom. The van der Waals surface area contributed by atoms with Crippen LogP contribution in [0.2, 0.25) is 0 Å². The number of piperidine rings is 1. The van der Waals surface area contributed by atoms with Crippen LogP contribution in [0.3, 0.4) is 0 Å². The van der Waals surface area contributed by atoms with Crippen molar-refractivity contribution in [2.45, 2.75) is 31.6 Å². The number of methoxy groups -OCH3 is 2. The third kappa shape index (κ3) is 4.42. The van der Waals surface area contributed by atoms with E-state index in [0.29, 0.717) is 22.6 Å². The van der Waals surface area contributed by atoms with E-state index >= 15 is 0 Å². The number of carbonyl (C=O) groups excluding carboxylic acids is 2. The Morgan fingerprint density at radius 2 is 1.48 bits per heavy atom. The second-order valence-corrected chi connectivity index (χ2v) is 8.17. The molecule has 1 aliphatic heterocycles. The van der Waals surface area contributed by atoms with Crippen LogP contribution in [-0.2, 0) is 0 Å². The molecule has 31 heavy (non-hydrogen) atoms. The highest BCUT2D eigenvalue weighted by atomic mass is 16.5. The maximum Gasteiger partial charge on any atom is 0.178 e. The number of fused-ring (bicyclic) bond motifs is 1. The Balaban J connectivity index is 1.44.